The molecule has 9 heteroatoms. The Labute approximate surface area is 166 Å². The van der Waals surface area contributed by atoms with Crippen molar-refractivity contribution >= 4 is 41.9 Å². The van der Waals surface area contributed by atoms with Gasteiger partial charge in [-0.3, -0.25) is 9.78 Å². The lowest BCUT2D eigenvalue weighted by Crippen LogP contribution is -2.12. The van der Waals surface area contributed by atoms with E-state index in [-0.39, 0.29) is 11.5 Å². The molecule has 2 aromatic carbocycles. The quantitative estimate of drug-likeness (QED) is 0.509. The van der Waals surface area contributed by atoms with Crippen LogP contribution in [0.4, 0.5) is 16.0 Å². The molecule has 7 nitrogen and oxygen atoms in total. The van der Waals surface area contributed by atoms with Gasteiger partial charge in [0.05, 0.1) is 11.0 Å². The van der Waals surface area contributed by atoms with Crippen LogP contribution in [0.1, 0.15) is 10.5 Å². The van der Waals surface area contributed by atoms with Crippen molar-refractivity contribution in [2.75, 3.05) is 5.32 Å². The van der Waals surface area contributed by atoms with Crippen molar-refractivity contribution in [3.63, 3.8) is 0 Å². The van der Waals surface area contributed by atoms with E-state index in [1.807, 2.05) is 17.7 Å². The van der Waals surface area contributed by atoms with Gasteiger partial charge < -0.3 is 20.4 Å². The Hall–Kier alpha value is -3.88. The van der Waals surface area contributed by atoms with E-state index in [9.17, 15) is 9.18 Å². The predicted octanol–water partition coefficient (Wildman–Crippen LogP) is 2.00. The van der Waals surface area contributed by atoms with Crippen LogP contribution in [-0.4, -0.2) is 28.3 Å². The maximum atomic E-state index is 13.8. The highest BCUT2D eigenvalue weighted by molar-refractivity contribution is 6.32. The first-order chi connectivity index (χ1) is 13.9. The van der Waals surface area contributed by atoms with Crippen LogP contribution in [0, 0.1) is 5.82 Å². The van der Waals surface area contributed by atoms with E-state index in [2.05, 4.69) is 15.3 Å². The molecule has 0 aliphatic rings. The molecule has 0 atom stereocenters. The summed E-state index contributed by atoms with van der Waals surface area (Å²) in [5.74, 6) is 0.652. The highest BCUT2D eigenvalue weighted by Crippen LogP contribution is 2.28. The van der Waals surface area contributed by atoms with Crippen molar-refractivity contribution in [2.45, 2.75) is 0 Å². The van der Waals surface area contributed by atoms with E-state index >= 15 is 0 Å². The number of carbonyl (C=O) groups is 1. The third-order valence-corrected chi connectivity index (χ3v) is 4.50. The van der Waals surface area contributed by atoms with Crippen molar-refractivity contribution in [2.24, 2.45) is 12.8 Å². The number of pyridine rings is 1. The Bertz CT molecular complexity index is 1240. The second-order valence-corrected chi connectivity index (χ2v) is 6.58. The fraction of sp³-hybridized carbons (Fsp3) is 0.0500. The first-order valence-electron chi connectivity index (χ1n) is 8.84. The van der Waals surface area contributed by atoms with Crippen LogP contribution in [0.3, 0.4) is 0 Å². The number of nitrogens with one attached hydrogen (secondary N) is 1. The van der Waals surface area contributed by atoms with Crippen LogP contribution in [-0.2, 0) is 7.05 Å². The third-order valence-electron chi connectivity index (χ3n) is 4.50. The number of rotatable bonds is 5. The average Bonchev–Trinajstić information content (AvgIpc) is 3.00. The number of amides is 1. The number of benzene rings is 2. The van der Waals surface area contributed by atoms with Crippen molar-refractivity contribution in [3.8, 4) is 11.5 Å². The lowest BCUT2D eigenvalue weighted by Gasteiger charge is -2.07. The molecule has 2 aromatic heterocycles. The van der Waals surface area contributed by atoms with Crippen LogP contribution in [0.15, 0.2) is 54.7 Å². The summed E-state index contributed by atoms with van der Waals surface area (Å²) < 4.78 is 21.5. The van der Waals surface area contributed by atoms with Gasteiger partial charge in [0, 0.05) is 31.1 Å². The molecule has 4 aromatic rings. The molecule has 4 rings (SSSR count). The summed E-state index contributed by atoms with van der Waals surface area (Å²) >= 11 is 0. The molecular formula is C20H17BFN5O2. The van der Waals surface area contributed by atoms with Crippen LogP contribution >= 0.6 is 0 Å². The molecule has 1 amide bonds. The van der Waals surface area contributed by atoms with Gasteiger partial charge in [0.2, 0.25) is 5.95 Å². The minimum Gasteiger partial charge on any atom is -0.457 e. The normalized spacial score (nSPS) is 10.8. The number of hydrogen-bond donors (Lipinski definition) is 2. The maximum Gasteiger partial charge on any atom is 0.267 e. The number of ether oxygens (including phenoxy) is 1. The van der Waals surface area contributed by atoms with E-state index in [0.717, 1.165) is 5.52 Å². The minimum absolute atomic E-state index is 0.123. The molecule has 0 saturated carbocycles. The van der Waals surface area contributed by atoms with Gasteiger partial charge in [0.25, 0.3) is 5.91 Å². The maximum absolute atomic E-state index is 13.8. The molecule has 0 aliphatic carbocycles. The molecule has 2 heterocycles. The molecule has 29 heavy (non-hydrogen) atoms. The zero-order valence-corrected chi connectivity index (χ0v) is 15.8. The Balaban J connectivity index is 1.62. The lowest BCUT2D eigenvalue weighted by atomic mass is 9.95. The smallest absolute Gasteiger partial charge is 0.267 e. The number of carbonyl (C=O) groups excluding carboxylic acids is 1. The SMILES string of the molecule is Bc1ccc(Nc2nc3cc(Oc4ccnc(C(N)=O)c4)ccc3n2C)cc1F. The zero-order chi connectivity index (χ0) is 20.5. The number of aryl methyl sites for hydroxylation is 1. The van der Waals surface area contributed by atoms with E-state index in [4.69, 9.17) is 10.5 Å². The molecule has 0 aliphatic heterocycles. The van der Waals surface area contributed by atoms with Gasteiger partial charge in [-0.25, -0.2) is 9.37 Å². The molecule has 0 spiro atoms. The highest BCUT2D eigenvalue weighted by atomic mass is 19.1. The third kappa shape index (κ3) is 3.75. The molecule has 0 saturated heterocycles. The fourth-order valence-corrected chi connectivity index (χ4v) is 2.90. The van der Waals surface area contributed by atoms with Gasteiger partial charge in [-0.2, -0.15) is 0 Å². The summed E-state index contributed by atoms with van der Waals surface area (Å²) in [5.41, 5.74) is 8.14. The number of primary amides is 1. The molecule has 144 valence electrons. The Kier molecular flexibility index (Phi) is 4.63. The van der Waals surface area contributed by atoms with Gasteiger partial charge >= 0.3 is 0 Å². The van der Waals surface area contributed by atoms with E-state index < -0.39 is 5.91 Å². The lowest BCUT2D eigenvalue weighted by molar-refractivity contribution is 0.0995. The van der Waals surface area contributed by atoms with Gasteiger partial charge in [0.1, 0.15) is 30.9 Å². The molecule has 0 fully saturated rings. The van der Waals surface area contributed by atoms with E-state index in [1.54, 1.807) is 38.2 Å². The number of nitrogens with two attached hydrogens (primary N) is 1. The number of halogens is 1. The summed E-state index contributed by atoms with van der Waals surface area (Å²) in [7, 11) is 3.58. The number of hydrogen-bond acceptors (Lipinski definition) is 5. The molecule has 3 N–H and O–H groups in total. The molecule has 0 radical (unpaired) electrons. The largest absolute Gasteiger partial charge is 0.457 e. The summed E-state index contributed by atoms with van der Waals surface area (Å²) in [6.07, 6.45) is 1.46. The van der Waals surface area contributed by atoms with Crippen LogP contribution < -0.4 is 21.3 Å². The number of nitrogens with zero attached hydrogens (tertiary/aromatic N) is 3. The number of anilines is 2. The first-order valence-corrected chi connectivity index (χ1v) is 8.84. The van der Waals surface area contributed by atoms with Crippen molar-refractivity contribution in [1.82, 2.24) is 14.5 Å². The Morgan fingerprint density at radius 1 is 1.17 bits per heavy atom. The van der Waals surface area contributed by atoms with E-state index in [0.29, 0.717) is 34.1 Å². The Morgan fingerprint density at radius 2 is 1.97 bits per heavy atom. The van der Waals surface area contributed by atoms with E-state index in [1.165, 1.54) is 18.3 Å². The summed E-state index contributed by atoms with van der Waals surface area (Å²) in [6.45, 7) is 0. The minimum atomic E-state index is -0.626. The number of aromatic nitrogens is 3. The predicted molar refractivity (Wildman–Crippen MR) is 111 cm³/mol. The summed E-state index contributed by atoms with van der Waals surface area (Å²) in [4.78, 5) is 19.7. The summed E-state index contributed by atoms with van der Waals surface area (Å²) in [5, 5.41) is 3.13. The monoisotopic (exact) mass is 389 g/mol. The zero-order valence-electron chi connectivity index (χ0n) is 15.8. The van der Waals surface area contributed by atoms with Gasteiger partial charge in [-0.05, 0) is 30.3 Å². The van der Waals surface area contributed by atoms with Crippen molar-refractivity contribution < 1.29 is 13.9 Å². The molecule has 0 bridgehead atoms. The van der Waals surface area contributed by atoms with Gasteiger partial charge in [-0.15, -0.1) is 0 Å². The van der Waals surface area contributed by atoms with Crippen LogP contribution in [0.5, 0.6) is 11.5 Å². The van der Waals surface area contributed by atoms with Crippen LogP contribution in [0.2, 0.25) is 0 Å². The molecule has 0 unspecified atom stereocenters. The van der Waals surface area contributed by atoms with Crippen molar-refractivity contribution in [1.29, 1.82) is 0 Å². The summed E-state index contributed by atoms with van der Waals surface area (Å²) in [6, 6.07) is 13.5. The average molecular weight is 389 g/mol. The first kappa shape index (κ1) is 18.5. The fourth-order valence-electron chi connectivity index (χ4n) is 2.90. The second-order valence-electron chi connectivity index (χ2n) is 6.58. The number of fused-ring (bicyclic) bond motifs is 1. The topological polar surface area (TPSA) is 95.1 Å². The Morgan fingerprint density at radius 3 is 2.72 bits per heavy atom. The second kappa shape index (κ2) is 7.27. The highest BCUT2D eigenvalue weighted by Gasteiger charge is 2.11. The van der Waals surface area contributed by atoms with Crippen LogP contribution in [0.25, 0.3) is 11.0 Å². The standard InChI is InChI=1S/C20H17BFN5O2/c1-27-18-5-3-12(29-13-6-7-24-17(10-13)19(23)28)9-16(18)26-20(27)25-11-2-4-14(21)15(22)8-11/h2-10H,21H2,1H3,(H2,23,28)(H,25,26). The molecular weight excluding hydrogens is 372 g/mol. The van der Waals surface area contributed by atoms with Gasteiger partial charge in [0.15, 0.2) is 0 Å². The van der Waals surface area contributed by atoms with Gasteiger partial charge in [-0.1, -0.05) is 11.5 Å². The number of imidazole rings is 1. The van der Waals surface area contributed by atoms with Crippen molar-refractivity contribution in [3.05, 3.63) is 66.2 Å².